The van der Waals surface area contributed by atoms with Crippen molar-refractivity contribution in [2.45, 2.75) is 50.9 Å². The fourth-order valence-electron chi connectivity index (χ4n) is 3.25. The summed E-state index contributed by atoms with van der Waals surface area (Å²) >= 11 is 12.4. The highest BCUT2D eigenvalue weighted by molar-refractivity contribution is 6.31. The predicted octanol–water partition coefficient (Wildman–Crippen LogP) is 5.57. The molecule has 0 aliphatic heterocycles. The number of hydrogen-bond acceptors (Lipinski definition) is 1. The Morgan fingerprint density at radius 3 is 2.75 bits per heavy atom. The van der Waals surface area contributed by atoms with Gasteiger partial charge in [-0.1, -0.05) is 30.9 Å². The monoisotopic (exact) mass is 310 g/mol. The topological polar surface area (TPSA) is 17.8 Å². The first kappa shape index (κ1) is 14.2. The molecule has 3 rings (SSSR count). The first-order valence-electron chi connectivity index (χ1n) is 7.45. The quantitative estimate of drug-likeness (QED) is 0.678. The molecule has 1 fully saturated rings. The largest absolute Gasteiger partial charge is 0.326 e. The van der Waals surface area contributed by atoms with Gasteiger partial charge < -0.3 is 4.57 Å². The number of halogens is 2. The first-order valence-corrected chi connectivity index (χ1v) is 8.26. The minimum Gasteiger partial charge on any atom is -0.326 e. The molecule has 1 aliphatic rings. The normalized spacial score (nSPS) is 18.6. The van der Waals surface area contributed by atoms with Gasteiger partial charge in [0.05, 0.1) is 16.4 Å². The summed E-state index contributed by atoms with van der Waals surface area (Å²) in [5.74, 6) is 1.72. The summed E-state index contributed by atoms with van der Waals surface area (Å²) in [7, 11) is 0. The van der Waals surface area contributed by atoms with Gasteiger partial charge in [0.1, 0.15) is 5.82 Å². The Hall–Kier alpha value is -0.730. The fraction of sp³-hybridized carbons (Fsp3) is 0.562. The zero-order valence-corrected chi connectivity index (χ0v) is 13.3. The number of benzene rings is 1. The highest BCUT2D eigenvalue weighted by Crippen LogP contribution is 2.31. The molecule has 1 unspecified atom stereocenters. The third-order valence-electron chi connectivity index (χ3n) is 4.26. The molecular formula is C16H20Cl2N2. The van der Waals surface area contributed by atoms with Gasteiger partial charge in [0, 0.05) is 11.6 Å². The lowest BCUT2D eigenvalue weighted by atomic mass is 9.89. The number of hydrogen-bond donors (Lipinski definition) is 0. The Kier molecular flexibility index (Phi) is 4.23. The van der Waals surface area contributed by atoms with Crippen LogP contribution < -0.4 is 0 Å². The van der Waals surface area contributed by atoms with Gasteiger partial charge in [-0.3, -0.25) is 0 Å². The average Bonchev–Trinajstić information content (AvgIpc) is 2.78. The Labute approximate surface area is 130 Å². The van der Waals surface area contributed by atoms with Gasteiger partial charge in [-0.15, -0.1) is 11.6 Å². The van der Waals surface area contributed by atoms with Crippen LogP contribution in [0.15, 0.2) is 18.2 Å². The van der Waals surface area contributed by atoms with Crippen molar-refractivity contribution in [3.8, 4) is 0 Å². The van der Waals surface area contributed by atoms with Gasteiger partial charge in [0.15, 0.2) is 0 Å². The molecule has 2 nitrogen and oxygen atoms in total. The van der Waals surface area contributed by atoms with Crippen molar-refractivity contribution in [1.82, 2.24) is 9.55 Å². The van der Waals surface area contributed by atoms with E-state index in [2.05, 4.69) is 15.6 Å². The van der Waals surface area contributed by atoms with Gasteiger partial charge in [0.25, 0.3) is 0 Å². The predicted molar refractivity (Wildman–Crippen MR) is 85.6 cm³/mol. The van der Waals surface area contributed by atoms with Crippen molar-refractivity contribution < 1.29 is 0 Å². The van der Waals surface area contributed by atoms with Gasteiger partial charge in [-0.2, -0.15) is 0 Å². The van der Waals surface area contributed by atoms with Gasteiger partial charge >= 0.3 is 0 Å². The molecule has 108 valence electrons. The van der Waals surface area contributed by atoms with Crippen molar-refractivity contribution in [3.05, 3.63) is 29.0 Å². The lowest BCUT2D eigenvalue weighted by molar-refractivity contribution is 0.319. The number of nitrogens with zero attached hydrogens (tertiary/aromatic N) is 2. The molecule has 1 aromatic heterocycles. The van der Waals surface area contributed by atoms with Crippen molar-refractivity contribution in [1.29, 1.82) is 0 Å². The van der Waals surface area contributed by atoms with Gasteiger partial charge in [0.2, 0.25) is 0 Å². The van der Waals surface area contributed by atoms with Crippen LogP contribution in [0.5, 0.6) is 0 Å². The Bertz CT molecular complexity index is 598. The molecule has 1 aromatic carbocycles. The molecule has 4 heteroatoms. The molecule has 0 amide bonds. The number of aromatic nitrogens is 2. The molecule has 0 saturated heterocycles. The van der Waals surface area contributed by atoms with Crippen LogP contribution in [0.25, 0.3) is 11.0 Å². The van der Waals surface area contributed by atoms with Crippen LogP contribution in [0.3, 0.4) is 0 Å². The standard InChI is InChI=1S/C16H20Cl2N2/c1-11(17)16-19-14-9-13(18)7-8-15(14)20(16)10-12-5-3-2-4-6-12/h7-9,11-12H,2-6,10H2,1H3. The zero-order valence-electron chi connectivity index (χ0n) is 11.8. The lowest BCUT2D eigenvalue weighted by Crippen LogP contribution is -2.16. The fourth-order valence-corrected chi connectivity index (χ4v) is 3.58. The van der Waals surface area contributed by atoms with E-state index in [0.29, 0.717) is 0 Å². The van der Waals surface area contributed by atoms with Gasteiger partial charge in [-0.05, 0) is 43.9 Å². The summed E-state index contributed by atoms with van der Waals surface area (Å²) in [6, 6.07) is 5.93. The Balaban J connectivity index is 1.99. The number of alkyl halides is 1. The van der Waals surface area contributed by atoms with Crippen LogP contribution in [0.2, 0.25) is 5.02 Å². The molecule has 0 bridgehead atoms. The summed E-state index contributed by atoms with van der Waals surface area (Å²) < 4.78 is 2.30. The molecule has 1 heterocycles. The molecule has 0 spiro atoms. The van der Waals surface area contributed by atoms with Crippen LogP contribution in [-0.2, 0) is 6.54 Å². The molecule has 1 atom stereocenters. The second-order valence-electron chi connectivity index (χ2n) is 5.83. The summed E-state index contributed by atoms with van der Waals surface area (Å²) in [6.07, 6.45) is 6.74. The van der Waals surface area contributed by atoms with Crippen LogP contribution >= 0.6 is 23.2 Å². The van der Waals surface area contributed by atoms with E-state index in [0.717, 1.165) is 34.3 Å². The molecule has 1 saturated carbocycles. The first-order chi connectivity index (χ1) is 9.65. The van der Waals surface area contributed by atoms with E-state index in [4.69, 9.17) is 23.2 Å². The summed E-state index contributed by atoms with van der Waals surface area (Å²) in [6.45, 7) is 3.02. The van der Waals surface area contributed by atoms with E-state index in [1.165, 1.54) is 32.1 Å². The number of imidazole rings is 1. The molecule has 0 radical (unpaired) electrons. The maximum absolute atomic E-state index is 6.32. The lowest BCUT2D eigenvalue weighted by Gasteiger charge is -2.23. The summed E-state index contributed by atoms with van der Waals surface area (Å²) in [5.41, 5.74) is 2.11. The van der Waals surface area contributed by atoms with Crippen molar-refractivity contribution in [3.63, 3.8) is 0 Å². The van der Waals surface area contributed by atoms with Crippen molar-refractivity contribution >= 4 is 34.2 Å². The van der Waals surface area contributed by atoms with E-state index in [1.807, 2.05) is 19.1 Å². The van der Waals surface area contributed by atoms with Gasteiger partial charge in [-0.25, -0.2) is 4.98 Å². The second kappa shape index (κ2) is 5.95. The minimum absolute atomic E-state index is 0.0789. The third-order valence-corrected chi connectivity index (χ3v) is 4.69. The molecule has 1 aliphatic carbocycles. The molecule has 20 heavy (non-hydrogen) atoms. The second-order valence-corrected chi connectivity index (χ2v) is 6.92. The van der Waals surface area contributed by atoms with Crippen LogP contribution in [0, 0.1) is 5.92 Å². The summed E-state index contributed by atoms with van der Waals surface area (Å²) in [5, 5.41) is 0.651. The number of fused-ring (bicyclic) bond motifs is 1. The highest BCUT2D eigenvalue weighted by atomic mass is 35.5. The zero-order chi connectivity index (χ0) is 14.1. The Morgan fingerprint density at radius 1 is 1.30 bits per heavy atom. The summed E-state index contributed by atoms with van der Waals surface area (Å²) in [4.78, 5) is 4.69. The van der Waals surface area contributed by atoms with Crippen LogP contribution in [0.4, 0.5) is 0 Å². The minimum atomic E-state index is -0.0789. The van der Waals surface area contributed by atoms with E-state index in [9.17, 15) is 0 Å². The highest BCUT2D eigenvalue weighted by Gasteiger charge is 2.20. The molecule has 0 N–H and O–H groups in total. The van der Waals surface area contributed by atoms with Crippen molar-refractivity contribution in [2.24, 2.45) is 5.92 Å². The average molecular weight is 311 g/mol. The molecular weight excluding hydrogens is 291 g/mol. The smallest absolute Gasteiger partial charge is 0.127 e. The number of rotatable bonds is 3. The van der Waals surface area contributed by atoms with E-state index in [-0.39, 0.29) is 5.38 Å². The van der Waals surface area contributed by atoms with Crippen LogP contribution in [-0.4, -0.2) is 9.55 Å². The SMILES string of the molecule is CC(Cl)c1nc2cc(Cl)ccc2n1CC1CCCCC1. The third kappa shape index (κ3) is 2.82. The van der Waals surface area contributed by atoms with Crippen LogP contribution in [0.1, 0.15) is 50.2 Å². The van der Waals surface area contributed by atoms with Crippen molar-refractivity contribution in [2.75, 3.05) is 0 Å². The Morgan fingerprint density at radius 2 is 2.05 bits per heavy atom. The van der Waals surface area contributed by atoms with E-state index < -0.39 is 0 Å². The molecule has 2 aromatic rings. The van der Waals surface area contributed by atoms with E-state index >= 15 is 0 Å². The maximum Gasteiger partial charge on any atom is 0.127 e. The maximum atomic E-state index is 6.32. The van der Waals surface area contributed by atoms with E-state index in [1.54, 1.807) is 0 Å².